The first-order chi connectivity index (χ1) is 11.3. The van der Waals surface area contributed by atoms with Crippen LogP contribution in [-0.4, -0.2) is 39.8 Å². The molecule has 0 fully saturated rings. The summed E-state index contributed by atoms with van der Waals surface area (Å²) in [5.74, 6) is -1.58. The van der Waals surface area contributed by atoms with Crippen LogP contribution in [0.5, 0.6) is 0 Å². The maximum absolute atomic E-state index is 12.4. The van der Waals surface area contributed by atoms with E-state index in [1.54, 1.807) is 6.20 Å². The van der Waals surface area contributed by atoms with Crippen molar-refractivity contribution in [3.8, 4) is 0 Å². The maximum atomic E-state index is 12.4. The molecule has 1 rings (SSSR count). The van der Waals surface area contributed by atoms with Crippen LogP contribution in [0.4, 0.5) is 0 Å². The van der Waals surface area contributed by atoms with Gasteiger partial charge in [0.15, 0.2) is 0 Å². The lowest BCUT2D eigenvalue weighted by atomic mass is 9.96. The molecule has 0 aromatic carbocycles. The van der Waals surface area contributed by atoms with Crippen molar-refractivity contribution < 1.29 is 14.4 Å². The molecule has 5 N–H and O–H groups in total. The molecule has 0 spiro atoms. The number of nitrogens with two attached hydrogens (primary N) is 1. The van der Waals surface area contributed by atoms with Crippen molar-refractivity contribution >= 4 is 30.1 Å². The standard InChI is InChI=1S/C16H27N5O3.ClH/c1-5-10(4)14(21-15(23)13(17)9(2)3)16(24)20-12(22)6-11-7-18-8-19-11;/h7-10,13-14H,5-6,17H2,1-4H3,(H,18,19)(H,21,23)(H,20,22,24);1H/t10-,13-,14-;/m0./s1. The fourth-order valence-corrected chi connectivity index (χ4v) is 2.07. The third-order valence-electron chi connectivity index (χ3n) is 3.97. The molecule has 8 nitrogen and oxygen atoms in total. The van der Waals surface area contributed by atoms with Crippen LogP contribution in [0.15, 0.2) is 12.5 Å². The molecule has 142 valence electrons. The topological polar surface area (TPSA) is 130 Å². The maximum Gasteiger partial charge on any atom is 0.249 e. The summed E-state index contributed by atoms with van der Waals surface area (Å²) in [7, 11) is 0. The molecule has 0 radical (unpaired) electrons. The van der Waals surface area contributed by atoms with Crippen molar-refractivity contribution in [3.63, 3.8) is 0 Å². The van der Waals surface area contributed by atoms with Crippen LogP contribution in [0.1, 0.15) is 39.8 Å². The van der Waals surface area contributed by atoms with Crippen LogP contribution in [0.25, 0.3) is 0 Å². The minimum atomic E-state index is -0.810. The molecule has 25 heavy (non-hydrogen) atoms. The molecule has 0 bridgehead atoms. The molecule has 1 aromatic heterocycles. The van der Waals surface area contributed by atoms with Crippen LogP contribution in [0.3, 0.4) is 0 Å². The number of carbonyl (C=O) groups is 3. The number of aromatic nitrogens is 2. The third-order valence-corrected chi connectivity index (χ3v) is 3.97. The summed E-state index contributed by atoms with van der Waals surface area (Å²) < 4.78 is 0. The Morgan fingerprint density at radius 3 is 2.36 bits per heavy atom. The largest absolute Gasteiger partial charge is 0.351 e. The van der Waals surface area contributed by atoms with Gasteiger partial charge in [0.2, 0.25) is 17.7 Å². The quantitative estimate of drug-likeness (QED) is 0.528. The number of imide groups is 1. The minimum absolute atomic E-state index is 0. The number of amides is 3. The Morgan fingerprint density at radius 2 is 1.88 bits per heavy atom. The third kappa shape index (κ3) is 7.23. The van der Waals surface area contributed by atoms with Gasteiger partial charge in [-0.2, -0.15) is 0 Å². The number of rotatable bonds is 8. The fourth-order valence-electron chi connectivity index (χ4n) is 2.07. The van der Waals surface area contributed by atoms with Gasteiger partial charge in [0.1, 0.15) is 6.04 Å². The summed E-state index contributed by atoms with van der Waals surface area (Å²) in [6.07, 6.45) is 3.70. The van der Waals surface area contributed by atoms with Crippen LogP contribution in [0, 0.1) is 11.8 Å². The van der Waals surface area contributed by atoms with E-state index in [0.717, 1.165) is 0 Å². The predicted octanol–water partition coefficient (Wildman–Crippen LogP) is 0.531. The first kappa shape index (κ1) is 23.1. The highest BCUT2D eigenvalue weighted by Crippen LogP contribution is 2.09. The lowest BCUT2D eigenvalue weighted by Gasteiger charge is -2.25. The van der Waals surface area contributed by atoms with Crippen molar-refractivity contribution in [3.05, 3.63) is 18.2 Å². The van der Waals surface area contributed by atoms with Gasteiger partial charge in [-0.3, -0.25) is 19.7 Å². The highest BCUT2D eigenvalue weighted by molar-refractivity contribution is 6.00. The molecule has 0 aliphatic heterocycles. The molecule has 0 unspecified atom stereocenters. The minimum Gasteiger partial charge on any atom is -0.351 e. The van der Waals surface area contributed by atoms with E-state index >= 15 is 0 Å². The Hall–Kier alpha value is -1.93. The van der Waals surface area contributed by atoms with E-state index in [1.165, 1.54) is 6.33 Å². The zero-order chi connectivity index (χ0) is 18.3. The number of hydrogen-bond donors (Lipinski definition) is 4. The van der Waals surface area contributed by atoms with E-state index in [2.05, 4.69) is 20.6 Å². The Labute approximate surface area is 154 Å². The number of carbonyl (C=O) groups excluding carboxylic acids is 3. The fraction of sp³-hybridized carbons (Fsp3) is 0.625. The van der Waals surface area contributed by atoms with E-state index < -0.39 is 29.8 Å². The number of nitrogens with one attached hydrogen (secondary N) is 3. The zero-order valence-corrected chi connectivity index (χ0v) is 15.9. The van der Waals surface area contributed by atoms with Gasteiger partial charge in [-0.25, -0.2) is 4.98 Å². The van der Waals surface area contributed by atoms with E-state index in [1.807, 2.05) is 27.7 Å². The molecule has 9 heteroatoms. The molecule has 0 saturated carbocycles. The number of H-pyrrole nitrogens is 1. The van der Waals surface area contributed by atoms with Crippen LogP contribution in [0.2, 0.25) is 0 Å². The normalized spacial score (nSPS) is 14.2. The Kier molecular flexibility index (Phi) is 10.00. The summed E-state index contributed by atoms with van der Waals surface area (Å²) >= 11 is 0. The van der Waals surface area contributed by atoms with Gasteiger partial charge in [0.25, 0.3) is 0 Å². The molecular weight excluding hydrogens is 346 g/mol. The lowest BCUT2D eigenvalue weighted by molar-refractivity contribution is -0.135. The van der Waals surface area contributed by atoms with Crippen molar-refractivity contribution in [2.75, 3.05) is 0 Å². The Bertz CT molecular complexity index is 562. The van der Waals surface area contributed by atoms with Gasteiger partial charge in [0.05, 0.1) is 24.5 Å². The highest BCUT2D eigenvalue weighted by Gasteiger charge is 2.29. The molecule has 0 aliphatic carbocycles. The first-order valence-corrected chi connectivity index (χ1v) is 8.13. The molecule has 1 heterocycles. The smallest absolute Gasteiger partial charge is 0.249 e. The highest BCUT2D eigenvalue weighted by atomic mass is 35.5. The van der Waals surface area contributed by atoms with Gasteiger partial charge in [-0.05, 0) is 11.8 Å². The van der Waals surface area contributed by atoms with E-state index in [0.29, 0.717) is 12.1 Å². The van der Waals surface area contributed by atoms with Crippen LogP contribution >= 0.6 is 12.4 Å². The summed E-state index contributed by atoms with van der Waals surface area (Å²) in [6.45, 7) is 7.40. The van der Waals surface area contributed by atoms with E-state index in [4.69, 9.17) is 5.73 Å². The van der Waals surface area contributed by atoms with E-state index in [9.17, 15) is 14.4 Å². The molecule has 3 atom stereocenters. The predicted molar refractivity (Wildman–Crippen MR) is 96.9 cm³/mol. The number of aromatic amines is 1. The molecular formula is C16H28ClN5O3. The Balaban J connectivity index is 0.00000576. The number of imidazole rings is 1. The van der Waals surface area contributed by atoms with Crippen molar-refractivity contribution in [2.24, 2.45) is 17.6 Å². The van der Waals surface area contributed by atoms with Gasteiger partial charge >= 0.3 is 0 Å². The van der Waals surface area contributed by atoms with Crippen molar-refractivity contribution in [1.29, 1.82) is 0 Å². The number of hydrogen-bond acceptors (Lipinski definition) is 5. The summed E-state index contributed by atoms with van der Waals surface area (Å²) in [6, 6.07) is -1.51. The molecule has 0 saturated heterocycles. The summed E-state index contributed by atoms with van der Waals surface area (Å²) in [4.78, 5) is 43.2. The number of halogens is 1. The van der Waals surface area contributed by atoms with Crippen molar-refractivity contribution in [2.45, 2.75) is 52.6 Å². The second kappa shape index (κ2) is 10.8. The van der Waals surface area contributed by atoms with Gasteiger partial charge in [-0.15, -0.1) is 12.4 Å². The molecule has 1 aromatic rings. The molecule has 3 amide bonds. The monoisotopic (exact) mass is 373 g/mol. The zero-order valence-electron chi connectivity index (χ0n) is 15.0. The SMILES string of the molecule is CC[C@H](C)[C@H](NC(=O)[C@@H](N)C(C)C)C(=O)NC(=O)Cc1c[nH]cn1.Cl. The average Bonchev–Trinajstić information content (AvgIpc) is 3.03. The second-order valence-corrected chi connectivity index (χ2v) is 6.29. The summed E-state index contributed by atoms with van der Waals surface area (Å²) in [5.41, 5.74) is 6.35. The average molecular weight is 374 g/mol. The van der Waals surface area contributed by atoms with Gasteiger partial charge in [0, 0.05) is 6.20 Å². The van der Waals surface area contributed by atoms with Gasteiger partial charge < -0.3 is 16.0 Å². The first-order valence-electron chi connectivity index (χ1n) is 8.13. The second-order valence-electron chi connectivity index (χ2n) is 6.29. The van der Waals surface area contributed by atoms with Crippen LogP contribution < -0.4 is 16.4 Å². The van der Waals surface area contributed by atoms with Crippen molar-refractivity contribution in [1.82, 2.24) is 20.6 Å². The summed E-state index contributed by atoms with van der Waals surface area (Å²) in [5, 5.41) is 4.98. The van der Waals surface area contributed by atoms with Gasteiger partial charge in [-0.1, -0.05) is 34.1 Å². The molecule has 0 aliphatic rings. The Morgan fingerprint density at radius 1 is 1.24 bits per heavy atom. The van der Waals surface area contributed by atoms with E-state index in [-0.39, 0.29) is 30.7 Å². The number of nitrogens with zero attached hydrogens (tertiary/aromatic N) is 1. The van der Waals surface area contributed by atoms with Crippen LogP contribution in [-0.2, 0) is 20.8 Å². The lowest BCUT2D eigenvalue weighted by Crippen LogP contribution is -2.56.